The van der Waals surface area contributed by atoms with Gasteiger partial charge in [0.25, 0.3) is 0 Å². The Morgan fingerprint density at radius 3 is 2.46 bits per heavy atom. The molecule has 1 aliphatic carbocycles. The summed E-state index contributed by atoms with van der Waals surface area (Å²) in [6, 6.07) is 11.6. The van der Waals surface area contributed by atoms with Gasteiger partial charge in [-0.3, -0.25) is 4.79 Å². The lowest BCUT2D eigenvalue weighted by molar-refractivity contribution is -0.131. The Labute approximate surface area is 157 Å². The van der Waals surface area contributed by atoms with Crippen molar-refractivity contribution in [3.63, 3.8) is 0 Å². The second-order valence-corrected chi connectivity index (χ2v) is 8.31. The number of carbonyl (C=O) groups is 1. The number of sulfonamides is 1. The third kappa shape index (κ3) is 4.82. The molecular formula is C18H20ClNO5S. The first kappa shape index (κ1) is 20.4. The van der Waals surface area contributed by atoms with Gasteiger partial charge in [-0.2, -0.15) is 0 Å². The highest BCUT2D eigenvalue weighted by Crippen LogP contribution is 2.30. The minimum Gasteiger partial charge on any atom is -0.427 e. The van der Waals surface area contributed by atoms with Crippen molar-refractivity contribution in [3.8, 4) is 5.75 Å². The first-order chi connectivity index (χ1) is 11.8. The summed E-state index contributed by atoms with van der Waals surface area (Å²) < 4.78 is 32.4. The number of rotatable bonds is 5. The molecule has 0 amide bonds. The monoisotopic (exact) mass is 397 g/mol. The van der Waals surface area contributed by atoms with Crippen molar-refractivity contribution in [2.75, 3.05) is 6.54 Å². The van der Waals surface area contributed by atoms with Crippen molar-refractivity contribution in [2.45, 2.75) is 24.7 Å². The second-order valence-electron chi connectivity index (χ2n) is 6.10. The number of halogens is 1. The lowest BCUT2D eigenvalue weighted by Crippen LogP contribution is -2.29. The second kappa shape index (κ2) is 8.18. The van der Waals surface area contributed by atoms with Gasteiger partial charge in [-0.25, -0.2) is 13.1 Å². The molecule has 0 aliphatic heterocycles. The predicted molar refractivity (Wildman–Crippen MR) is 98.9 cm³/mol. The zero-order chi connectivity index (χ0) is 18.0. The third-order valence-electron chi connectivity index (χ3n) is 4.14. The summed E-state index contributed by atoms with van der Waals surface area (Å²) in [5.74, 6) is 0.337. The van der Waals surface area contributed by atoms with Gasteiger partial charge >= 0.3 is 5.97 Å². The largest absolute Gasteiger partial charge is 0.427 e. The molecular weight excluding hydrogens is 378 g/mol. The van der Waals surface area contributed by atoms with Crippen LogP contribution in [0.5, 0.6) is 5.75 Å². The van der Waals surface area contributed by atoms with Crippen LogP contribution in [0.4, 0.5) is 0 Å². The summed E-state index contributed by atoms with van der Waals surface area (Å²) in [5, 5.41) is 0.494. The molecule has 6 nitrogen and oxygen atoms in total. The molecule has 0 saturated carbocycles. The van der Waals surface area contributed by atoms with E-state index in [-0.39, 0.29) is 22.3 Å². The number of nitrogens with one attached hydrogen (secondary N) is 1. The highest BCUT2D eigenvalue weighted by atomic mass is 35.5. The summed E-state index contributed by atoms with van der Waals surface area (Å²) in [6.45, 7) is 1.71. The first-order valence-corrected chi connectivity index (χ1v) is 9.75. The van der Waals surface area contributed by atoms with Crippen LogP contribution in [0.1, 0.15) is 18.1 Å². The molecule has 0 bridgehead atoms. The molecule has 3 rings (SSSR count). The maximum absolute atomic E-state index is 12.3. The molecule has 0 fully saturated rings. The van der Waals surface area contributed by atoms with E-state index in [2.05, 4.69) is 4.72 Å². The number of carbonyl (C=O) groups excluding carboxylic acids is 1. The number of esters is 1. The topological polar surface area (TPSA) is 104 Å². The van der Waals surface area contributed by atoms with Crippen LogP contribution < -0.4 is 9.46 Å². The molecule has 1 unspecified atom stereocenters. The van der Waals surface area contributed by atoms with Crippen LogP contribution in [0.3, 0.4) is 0 Å². The summed E-state index contributed by atoms with van der Waals surface area (Å²) in [4.78, 5) is 11.2. The molecule has 3 N–H and O–H groups in total. The van der Waals surface area contributed by atoms with Crippen molar-refractivity contribution in [1.82, 2.24) is 4.72 Å². The molecule has 26 heavy (non-hydrogen) atoms. The highest BCUT2D eigenvalue weighted by molar-refractivity contribution is 7.89. The van der Waals surface area contributed by atoms with Crippen LogP contribution in [-0.2, 0) is 27.7 Å². The SMILES string of the molecule is CC(=O)Oc1ccc2c(c1)CC(CNS(=O)(=O)c1ccc(Cl)cc1)C2.O. The van der Waals surface area contributed by atoms with Gasteiger partial charge in [0.1, 0.15) is 5.75 Å². The summed E-state index contributed by atoms with van der Waals surface area (Å²) >= 11 is 5.79. The average Bonchev–Trinajstić information content (AvgIpc) is 2.95. The van der Waals surface area contributed by atoms with Gasteiger partial charge < -0.3 is 10.2 Å². The van der Waals surface area contributed by atoms with E-state index in [0.717, 1.165) is 24.0 Å². The molecule has 2 aromatic rings. The zero-order valence-corrected chi connectivity index (χ0v) is 15.7. The van der Waals surface area contributed by atoms with Crippen molar-refractivity contribution < 1.29 is 23.4 Å². The maximum atomic E-state index is 12.3. The minimum absolute atomic E-state index is 0. The van der Waals surface area contributed by atoms with E-state index < -0.39 is 10.0 Å². The number of benzene rings is 2. The van der Waals surface area contributed by atoms with Gasteiger partial charge in [-0.1, -0.05) is 17.7 Å². The number of hydrogen-bond acceptors (Lipinski definition) is 4. The van der Waals surface area contributed by atoms with Gasteiger partial charge in [-0.05, 0) is 66.3 Å². The Balaban J connectivity index is 0.00000243. The highest BCUT2D eigenvalue weighted by Gasteiger charge is 2.24. The molecule has 8 heteroatoms. The predicted octanol–water partition coefficient (Wildman–Crippen LogP) is 2.13. The van der Waals surface area contributed by atoms with Crippen molar-refractivity contribution in [1.29, 1.82) is 0 Å². The normalized spacial score (nSPS) is 15.8. The van der Waals surface area contributed by atoms with Crippen molar-refractivity contribution in [2.24, 2.45) is 5.92 Å². The minimum atomic E-state index is -3.55. The third-order valence-corrected chi connectivity index (χ3v) is 5.83. The summed E-state index contributed by atoms with van der Waals surface area (Å²) in [6.07, 6.45) is 1.53. The van der Waals surface area contributed by atoms with E-state index >= 15 is 0 Å². The Bertz CT molecular complexity index is 896. The van der Waals surface area contributed by atoms with Gasteiger partial charge in [0.2, 0.25) is 10.0 Å². The van der Waals surface area contributed by atoms with Crippen molar-refractivity contribution >= 4 is 27.6 Å². The molecule has 0 spiro atoms. The lowest BCUT2D eigenvalue weighted by atomic mass is 10.1. The van der Waals surface area contributed by atoms with Crippen LogP contribution >= 0.6 is 11.6 Å². The standard InChI is InChI=1S/C18H18ClNO4S.H2O/c1-12(21)24-17-5-2-14-8-13(9-15(14)10-17)11-20-25(22,23)18-6-3-16(19)4-7-18;/h2-7,10,13,20H,8-9,11H2,1H3;1H2. The first-order valence-electron chi connectivity index (χ1n) is 7.89. The number of ether oxygens (including phenoxy) is 1. The zero-order valence-electron chi connectivity index (χ0n) is 14.2. The molecule has 1 atom stereocenters. The summed E-state index contributed by atoms with van der Waals surface area (Å²) in [7, 11) is -3.55. The van der Waals surface area contributed by atoms with Crippen LogP contribution in [-0.4, -0.2) is 26.4 Å². The van der Waals surface area contributed by atoms with Crippen LogP contribution in [0, 0.1) is 5.92 Å². The van der Waals surface area contributed by atoms with Gasteiger partial charge in [0, 0.05) is 18.5 Å². The molecule has 0 aromatic heterocycles. The molecule has 0 saturated heterocycles. The Morgan fingerprint density at radius 1 is 1.15 bits per heavy atom. The molecule has 140 valence electrons. The Hall–Kier alpha value is -1.93. The van der Waals surface area contributed by atoms with E-state index in [0.29, 0.717) is 17.3 Å². The number of hydrogen-bond donors (Lipinski definition) is 1. The quantitative estimate of drug-likeness (QED) is 0.616. The van der Waals surface area contributed by atoms with Crippen molar-refractivity contribution in [3.05, 3.63) is 58.6 Å². The Morgan fingerprint density at radius 2 is 1.81 bits per heavy atom. The average molecular weight is 398 g/mol. The molecule has 2 aromatic carbocycles. The fraction of sp³-hybridized carbons (Fsp3) is 0.278. The van der Waals surface area contributed by atoms with E-state index in [1.54, 1.807) is 18.2 Å². The molecule has 0 radical (unpaired) electrons. The fourth-order valence-electron chi connectivity index (χ4n) is 2.98. The van der Waals surface area contributed by atoms with E-state index in [9.17, 15) is 13.2 Å². The lowest BCUT2D eigenvalue weighted by Gasteiger charge is -2.11. The van der Waals surface area contributed by atoms with E-state index in [4.69, 9.17) is 16.3 Å². The Kier molecular flexibility index (Phi) is 6.41. The van der Waals surface area contributed by atoms with Crippen LogP contribution in [0.15, 0.2) is 47.4 Å². The summed E-state index contributed by atoms with van der Waals surface area (Å²) in [5.41, 5.74) is 2.25. The smallest absolute Gasteiger partial charge is 0.308 e. The maximum Gasteiger partial charge on any atom is 0.308 e. The fourth-order valence-corrected chi connectivity index (χ4v) is 4.23. The van der Waals surface area contributed by atoms with Gasteiger partial charge in [0.15, 0.2) is 0 Å². The van der Waals surface area contributed by atoms with Crippen LogP contribution in [0.2, 0.25) is 5.02 Å². The van der Waals surface area contributed by atoms with Gasteiger partial charge in [-0.15, -0.1) is 0 Å². The van der Waals surface area contributed by atoms with Crippen LogP contribution in [0.25, 0.3) is 0 Å². The molecule has 0 heterocycles. The van der Waals surface area contributed by atoms with E-state index in [1.165, 1.54) is 19.1 Å². The van der Waals surface area contributed by atoms with E-state index in [1.807, 2.05) is 12.1 Å². The number of fused-ring (bicyclic) bond motifs is 1. The van der Waals surface area contributed by atoms with Gasteiger partial charge in [0.05, 0.1) is 4.90 Å². The molecule has 1 aliphatic rings.